The molecule has 1 saturated heterocycles. The first-order valence-corrected chi connectivity index (χ1v) is 7.76. The minimum absolute atomic E-state index is 0.360. The van der Waals surface area contributed by atoms with Crippen LogP contribution in [-0.4, -0.2) is 70.8 Å². The Hall–Kier alpha value is -0.380. The van der Waals surface area contributed by atoms with Crippen LogP contribution in [0.2, 0.25) is 0 Å². The fraction of sp³-hybridized carbons (Fsp3) is 0.923. The minimum atomic E-state index is -1.28. The van der Waals surface area contributed by atoms with Gasteiger partial charge in [-0.2, -0.15) is 12.6 Å². The zero-order chi connectivity index (χ0) is 15.8. The zero-order valence-corrected chi connectivity index (χ0v) is 13.0. The van der Waals surface area contributed by atoms with Crippen molar-refractivity contribution in [2.45, 2.75) is 56.8 Å². The van der Waals surface area contributed by atoms with Crippen molar-refractivity contribution in [2.75, 3.05) is 19.0 Å². The maximum absolute atomic E-state index is 11.2. The molecule has 21 heavy (non-hydrogen) atoms. The van der Waals surface area contributed by atoms with Crippen LogP contribution in [0.15, 0.2) is 0 Å². The predicted octanol–water partition coefficient (Wildman–Crippen LogP) is -0.953. The van der Waals surface area contributed by atoms with Gasteiger partial charge >= 0.3 is 0 Å². The lowest BCUT2D eigenvalue weighted by Crippen LogP contribution is -2.64. The lowest BCUT2D eigenvalue weighted by atomic mass is 9.97. The summed E-state index contributed by atoms with van der Waals surface area (Å²) in [5.74, 6) is 0.451. The quantitative estimate of drug-likeness (QED) is 0.291. The van der Waals surface area contributed by atoms with Gasteiger partial charge in [0.15, 0.2) is 6.29 Å². The fourth-order valence-electron chi connectivity index (χ4n) is 2.20. The Morgan fingerprint density at radius 1 is 1.29 bits per heavy atom. The molecule has 1 aliphatic rings. The van der Waals surface area contributed by atoms with E-state index in [1.54, 1.807) is 0 Å². The van der Waals surface area contributed by atoms with E-state index in [-0.39, 0.29) is 5.91 Å². The maximum Gasteiger partial charge on any atom is 0.217 e. The van der Waals surface area contributed by atoms with E-state index < -0.39 is 37.3 Å². The highest BCUT2D eigenvalue weighted by Crippen LogP contribution is 2.22. The van der Waals surface area contributed by atoms with E-state index in [9.17, 15) is 15.0 Å². The van der Waals surface area contributed by atoms with Gasteiger partial charge < -0.3 is 30.1 Å². The number of aliphatic hydroxyl groups excluding tert-OH is 3. The zero-order valence-electron chi connectivity index (χ0n) is 12.1. The van der Waals surface area contributed by atoms with Gasteiger partial charge in [-0.3, -0.25) is 4.79 Å². The Morgan fingerprint density at radius 3 is 2.57 bits per heavy atom. The van der Waals surface area contributed by atoms with Gasteiger partial charge in [0.1, 0.15) is 24.4 Å². The Balaban J connectivity index is 2.58. The number of hydrogen-bond donors (Lipinski definition) is 5. The average Bonchev–Trinajstić information content (AvgIpc) is 2.45. The van der Waals surface area contributed by atoms with Crippen molar-refractivity contribution in [3.63, 3.8) is 0 Å². The Kier molecular flexibility index (Phi) is 8.53. The highest BCUT2D eigenvalue weighted by molar-refractivity contribution is 7.80. The summed E-state index contributed by atoms with van der Waals surface area (Å²) in [6, 6.07) is -0.870. The van der Waals surface area contributed by atoms with Crippen molar-refractivity contribution in [1.29, 1.82) is 0 Å². The molecule has 0 radical (unpaired) electrons. The third-order valence-electron chi connectivity index (χ3n) is 3.34. The summed E-state index contributed by atoms with van der Waals surface area (Å²) < 4.78 is 11.0. The SMILES string of the molecule is CC(=O)NC1[C@H](OCCCCCS)OC(CO)[C@@H](O)[C@@H]1O. The first kappa shape index (κ1) is 18.7. The molecule has 1 fully saturated rings. The number of rotatable bonds is 8. The van der Waals surface area contributed by atoms with Crippen LogP contribution >= 0.6 is 12.6 Å². The molecule has 0 bridgehead atoms. The largest absolute Gasteiger partial charge is 0.394 e. The number of aliphatic hydroxyl groups is 3. The molecule has 5 atom stereocenters. The summed E-state index contributed by atoms with van der Waals surface area (Å²) in [5.41, 5.74) is 0. The van der Waals surface area contributed by atoms with Crippen LogP contribution in [0.25, 0.3) is 0 Å². The molecule has 0 saturated carbocycles. The molecule has 124 valence electrons. The molecule has 8 heteroatoms. The van der Waals surface area contributed by atoms with Gasteiger partial charge in [0.2, 0.25) is 5.91 Å². The normalized spacial score (nSPS) is 32.9. The first-order chi connectivity index (χ1) is 10.0. The van der Waals surface area contributed by atoms with E-state index in [4.69, 9.17) is 14.6 Å². The van der Waals surface area contributed by atoms with Crippen LogP contribution in [0.1, 0.15) is 26.2 Å². The third kappa shape index (κ3) is 5.72. The van der Waals surface area contributed by atoms with Crippen LogP contribution < -0.4 is 5.32 Å². The lowest BCUT2D eigenvalue weighted by Gasteiger charge is -2.42. The van der Waals surface area contributed by atoms with Gasteiger partial charge in [-0.05, 0) is 18.6 Å². The van der Waals surface area contributed by atoms with Crippen molar-refractivity contribution in [2.24, 2.45) is 0 Å². The van der Waals surface area contributed by atoms with Gasteiger partial charge in [-0.15, -0.1) is 0 Å². The van der Waals surface area contributed by atoms with Crippen LogP contribution in [0.4, 0.5) is 0 Å². The summed E-state index contributed by atoms with van der Waals surface area (Å²) in [7, 11) is 0. The van der Waals surface area contributed by atoms with Crippen molar-refractivity contribution in [1.82, 2.24) is 5.32 Å². The highest BCUT2D eigenvalue weighted by atomic mass is 32.1. The van der Waals surface area contributed by atoms with Gasteiger partial charge in [0, 0.05) is 13.5 Å². The predicted molar refractivity (Wildman–Crippen MR) is 79.0 cm³/mol. The molecule has 7 nitrogen and oxygen atoms in total. The summed E-state index contributed by atoms with van der Waals surface area (Å²) in [6.07, 6.45) is -1.65. The molecule has 0 aromatic rings. The van der Waals surface area contributed by atoms with Crippen molar-refractivity contribution in [3.05, 3.63) is 0 Å². The lowest BCUT2D eigenvalue weighted by molar-refractivity contribution is -0.270. The maximum atomic E-state index is 11.2. The molecule has 1 aliphatic heterocycles. The summed E-state index contributed by atoms with van der Waals surface area (Å²) in [4.78, 5) is 11.2. The number of amides is 1. The number of hydrogen-bond acceptors (Lipinski definition) is 7. The molecule has 0 aromatic carbocycles. The van der Waals surface area contributed by atoms with Crippen LogP contribution in [0.5, 0.6) is 0 Å². The Labute approximate surface area is 130 Å². The monoisotopic (exact) mass is 323 g/mol. The van der Waals surface area contributed by atoms with E-state index in [1.165, 1.54) is 6.92 Å². The third-order valence-corrected chi connectivity index (χ3v) is 3.65. The topological polar surface area (TPSA) is 108 Å². The van der Waals surface area contributed by atoms with Crippen LogP contribution in [0.3, 0.4) is 0 Å². The number of unbranched alkanes of at least 4 members (excludes halogenated alkanes) is 2. The molecule has 4 N–H and O–H groups in total. The number of carbonyl (C=O) groups is 1. The fourth-order valence-corrected chi connectivity index (χ4v) is 2.43. The average molecular weight is 323 g/mol. The summed E-state index contributed by atoms with van der Waals surface area (Å²) in [6.45, 7) is 1.26. The van der Waals surface area contributed by atoms with E-state index in [1.807, 2.05) is 0 Å². The number of nitrogens with one attached hydrogen (secondary N) is 1. The summed E-state index contributed by atoms with van der Waals surface area (Å²) >= 11 is 4.12. The molecular formula is C13H25NO6S. The number of carbonyl (C=O) groups excluding carboxylic acids is 1. The van der Waals surface area contributed by atoms with E-state index >= 15 is 0 Å². The van der Waals surface area contributed by atoms with Gasteiger partial charge in [0.05, 0.1) is 6.61 Å². The highest BCUT2D eigenvalue weighted by Gasteiger charge is 2.45. The van der Waals surface area contributed by atoms with Gasteiger partial charge in [-0.25, -0.2) is 0 Å². The van der Waals surface area contributed by atoms with Gasteiger partial charge in [-0.1, -0.05) is 6.42 Å². The van der Waals surface area contributed by atoms with E-state index in [2.05, 4.69) is 17.9 Å². The molecular weight excluding hydrogens is 298 g/mol. The van der Waals surface area contributed by atoms with Crippen LogP contribution in [0, 0.1) is 0 Å². The molecule has 0 aliphatic carbocycles. The standard InChI is InChI=1S/C13H25NO6S/c1-8(16)14-10-12(18)11(17)9(7-15)20-13(10)19-5-3-2-4-6-21/h9-13,15,17-18,21H,2-7H2,1H3,(H,14,16)/t9?,10?,11-,12-,13-/m1/s1. The first-order valence-electron chi connectivity index (χ1n) is 7.13. The molecule has 1 amide bonds. The van der Waals surface area contributed by atoms with E-state index in [0.717, 1.165) is 25.0 Å². The molecule has 2 unspecified atom stereocenters. The van der Waals surface area contributed by atoms with Crippen molar-refractivity contribution in [3.8, 4) is 0 Å². The van der Waals surface area contributed by atoms with Gasteiger partial charge in [0.25, 0.3) is 0 Å². The smallest absolute Gasteiger partial charge is 0.217 e. The van der Waals surface area contributed by atoms with Crippen molar-refractivity contribution < 1.29 is 29.6 Å². The Bertz CT molecular complexity index is 319. The Morgan fingerprint density at radius 2 is 2.00 bits per heavy atom. The number of ether oxygens (including phenoxy) is 2. The second-order valence-electron chi connectivity index (χ2n) is 5.09. The second kappa shape index (κ2) is 9.60. The molecule has 1 rings (SSSR count). The molecule has 0 aromatic heterocycles. The van der Waals surface area contributed by atoms with E-state index in [0.29, 0.717) is 6.61 Å². The van der Waals surface area contributed by atoms with Crippen molar-refractivity contribution >= 4 is 18.5 Å². The second-order valence-corrected chi connectivity index (χ2v) is 5.54. The number of thiol groups is 1. The molecule has 1 heterocycles. The molecule has 0 spiro atoms. The van der Waals surface area contributed by atoms with Crippen LogP contribution in [-0.2, 0) is 14.3 Å². The summed E-state index contributed by atoms with van der Waals surface area (Å²) in [5, 5.41) is 31.6. The minimum Gasteiger partial charge on any atom is -0.394 e.